The van der Waals surface area contributed by atoms with Crippen molar-refractivity contribution in [2.24, 2.45) is 0 Å². The van der Waals surface area contributed by atoms with E-state index in [-0.39, 0.29) is 18.7 Å². The SMILES string of the molecule is CN1CC(=O)OB(c2cc(C(F)(F)F)ccn2)OC(=O)C1. The van der Waals surface area contributed by atoms with Crippen LogP contribution in [0.3, 0.4) is 0 Å². The number of pyridine rings is 1. The van der Waals surface area contributed by atoms with Crippen LogP contribution in [-0.4, -0.2) is 49.1 Å². The molecule has 0 N–H and O–H groups in total. The minimum atomic E-state index is -4.58. The molecule has 10 heteroatoms. The van der Waals surface area contributed by atoms with Crippen molar-refractivity contribution >= 4 is 24.7 Å². The lowest BCUT2D eigenvalue weighted by molar-refractivity contribution is -0.145. The fourth-order valence-corrected chi connectivity index (χ4v) is 1.71. The van der Waals surface area contributed by atoms with Crippen molar-refractivity contribution in [3.63, 3.8) is 0 Å². The molecule has 2 heterocycles. The Labute approximate surface area is 118 Å². The van der Waals surface area contributed by atoms with Crippen LogP contribution in [0.2, 0.25) is 0 Å². The number of carbonyl (C=O) groups is 2. The standard InChI is InChI=1S/C11H10BF3N2O4/c1-17-5-9(18)20-12(21-10(19)6-17)8-4-7(2-3-16-8)11(13,14)15/h2-4H,5-6H2,1H3. The molecule has 2 rings (SSSR count). The first-order valence-electron chi connectivity index (χ1n) is 5.86. The van der Waals surface area contributed by atoms with Crippen LogP contribution in [0.15, 0.2) is 18.3 Å². The van der Waals surface area contributed by atoms with E-state index in [9.17, 15) is 22.8 Å². The molecule has 0 atom stereocenters. The van der Waals surface area contributed by atoms with Crippen LogP contribution in [0.25, 0.3) is 0 Å². The summed E-state index contributed by atoms with van der Waals surface area (Å²) in [4.78, 5) is 28.1. The maximum Gasteiger partial charge on any atom is 0.656 e. The van der Waals surface area contributed by atoms with Gasteiger partial charge in [-0.3, -0.25) is 19.5 Å². The molecule has 0 unspecified atom stereocenters. The van der Waals surface area contributed by atoms with Gasteiger partial charge in [0.2, 0.25) is 0 Å². The average Bonchev–Trinajstić information content (AvgIpc) is 2.35. The van der Waals surface area contributed by atoms with Crippen LogP contribution in [0.5, 0.6) is 0 Å². The first-order valence-corrected chi connectivity index (χ1v) is 5.86. The highest BCUT2D eigenvalue weighted by molar-refractivity contribution is 6.63. The third kappa shape index (κ3) is 3.94. The maximum absolute atomic E-state index is 12.6. The minimum absolute atomic E-state index is 0.176. The lowest BCUT2D eigenvalue weighted by Gasteiger charge is -2.22. The molecule has 0 aliphatic carbocycles. The Kier molecular flexibility index (Phi) is 4.17. The second kappa shape index (κ2) is 5.72. The van der Waals surface area contributed by atoms with Gasteiger partial charge in [-0.05, 0) is 19.2 Å². The van der Waals surface area contributed by atoms with Crippen molar-refractivity contribution in [2.45, 2.75) is 6.18 Å². The average molecular weight is 302 g/mol. The molecule has 112 valence electrons. The fourth-order valence-electron chi connectivity index (χ4n) is 1.71. The van der Waals surface area contributed by atoms with Crippen LogP contribution in [0, 0.1) is 0 Å². The van der Waals surface area contributed by atoms with Crippen LogP contribution >= 0.6 is 0 Å². The van der Waals surface area contributed by atoms with Crippen LogP contribution in [-0.2, 0) is 25.1 Å². The summed E-state index contributed by atoms with van der Waals surface area (Å²) < 4.78 is 47.6. The molecule has 1 aromatic heterocycles. The van der Waals surface area contributed by atoms with Gasteiger partial charge in [-0.25, -0.2) is 0 Å². The summed E-state index contributed by atoms with van der Waals surface area (Å²) in [5.74, 6) is -1.46. The molecule has 0 amide bonds. The molecular weight excluding hydrogens is 292 g/mol. The molecule has 1 saturated heterocycles. The molecule has 1 aliphatic heterocycles. The molecular formula is C11H10BF3N2O4. The normalized spacial score (nSPS) is 17.8. The van der Waals surface area contributed by atoms with Gasteiger partial charge in [0.1, 0.15) is 5.59 Å². The number of halogens is 3. The van der Waals surface area contributed by atoms with Gasteiger partial charge in [0.15, 0.2) is 0 Å². The number of aromatic nitrogens is 1. The van der Waals surface area contributed by atoms with Crippen molar-refractivity contribution < 1.29 is 32.1 Å². The smallest absolute Gasteiger partial charge is 0.493 e. The highest BCUT2D eigenvalue weighted by Crippen LogP contribution is 2.27. The topological polar surface area (TPSA) is 68.7 Å². The molecule has 0 bridgehead atoms. The molecule has 0 spiro atoms. The maximum atomic E-state index is 12.6. The lowest BCUT2D eigenvalue weighted by Crippen LogP contribution is -2.49. The van der Waals surface area contributed by atoms with Gasteiger partial charge in [0, 0.05) is 6.20 Å². The Morgan fingerprint density at radius 1 is 1.24 bits per heavy atom. The van der Waals surface area contributed by atoms with E-state index >= 15 is 0 Å². The van der Waals surface area contributed by atoms with E-state index in [0.29, 0.717) is 6.07 Å². The van der Waals surface area contributed by atoms with Gasteiger partial charge < -0.3 is 9.31 Å². The third-order valence-corrected chi connectivity index (χ3v) is 2.62. The predicted molar refractivity (Wildman–Crippen MR) is 64.3 cm³/mol. The second-order valence-corrected chi connectivity index (χ2v) is 4.45. The van der Waals surface area contributed by atoms with Crippen LogP contribution in [0.4, 0.5) is 13.2 Å². The predicted octanol–water partition coefficient (Wildman–Crippen LogP) is -0.173. The number of likely N-dealkylation sites (N-methyl/N-ethyl adjacent to an activating group) is 1. The number of hydrogen-bond donors (Lipinski definition) is 0. The van der Waals surface area contributed by atoms with E-state index < -0.39 is 30.8 Å². The highest BCUT2D eigenvalue weighted by Gasteiger charge is 2.38. The Hall–Kier alpha value is -2.10. The van der Waals surface area contributed by atoms with E-state index in [1.807, 2.05) is 0 Å². The van der Waals surface area contributed by atoms with Crippen LogP contribution in [0.1, 0.15) is 5.56 Å². The number of hydrogen-bond acceptors (Lipinski definition) is 6. The zero-order chi connectivity index (χ0) is 15.6. The van der Waals surface area contributed by atoms with Gasteiger partial charge in [0.25, 0.3) is 0 Å². The number of nitrogens with zero attached hydrogens (tertiary/aromatic N) is 2. The largest absolute Gasteiger partial charge is 0.656 e. The van der Waals surface area contributed by atoms with E-state index in [1.54, 1.807) is 0 Å². The van der Waals surface area contributed by atoms with Crippen molar-refractivity contribution in [3.05, 3.63) is 23.9 Å². The zero-order valence-corrected chi connectivity index (χ0v) is 10.9. The summed E-state index contributed by atoms with van der Waals surface area (Å²) in [6, 6.07) is 1.44. The number of carbonyl (C=O) groups excluding carboxylic acids is 2. The van der Waals surface area contributed by atoms with Gasteiger partial charge in [-0.15, -0.1) is 0 Å². The van der Waals surface area contributed by atoms with Crippen molar-refractivity contribution in [2.75, 3.05) is 20.1 Å². The van der Waals surface area contributed by atoms with E-state index in [2.05, 4.69) is 4.98 Å². The first kappa shape index (κ1) is 15.3. The molecule has 21 heavy (non-hydrogen) atoms. The highest BCUT2D eigenvalue weighted by atomic mass is 19.4. The second-order valence-electron chi connectivity index (χ2n) is 4.45. The van der Waals surface area contributed by atoms with Crippen molar-refractivity contribution in [1.29, 1.82) is 0 Å². The summed E-state index contributed by atoms with van der Waals surface area (Å²) in [5.41, 5.74) is -1.27. The summed E-state index contributed by atoms with van der Waals surface area (Å²) in [6.45, 7) is -0.352. The molecule has 0 radical (unpaired) electrons. The Bertz CT molecular complexity index is 547. The first-order chi connectivity index (χ1) is 9.75. The Balaban J connectivity index is 2.27. The Morgan fingerprint density at radius 2 is 1.81 bits per heavy atom. The zero-order valence-electron chi connectivity index (χ0n) is 10.9. The molecule has 1 aromatic rings. The molecule has 0 aromatic carbocycles. The van der Waals surface area contributed by atoms with Crippen LogP contribution < -0.4 is 5.59 Å². The quantitative estimate of drug-likeness (QED) is 0.671. The van der Waals surface area contributed by atoms with E-state index in [0.717, 1.165) is 12.3 Å². The summed E-state index contributed by atoms with van der Waals surface area (Å²) in [6.07, 6.45) is -3.67. The van der Waals surface area contributed by atoms with Gasteiger partial charge >= 0.3 is 25.2 Å². The molecule has 1 fully saturated rings. The molecule has 0 saturated carbocycles. The molecule has 1 aliphatic rings. The van der Waals surface area contributed by atoms with E-state index in [4.69, 9.17) is 9.31 Å². The van der Waals surface area contributed by atoms with Gasteiger partial charge in [-0.2, -0.15) is 13.2 Å². The van der Waals surface area contributed by atoms with Crippen molar-refractivity contribution in [1.82, 2.24) is 9.88 Å². The van der Waals surface area contributed by atoms with Gasteiger partial charge in [-0.1, -0.05) is 0 Å². The number of alkyl halides is 3. The van der Waals surface area contributed by atoms with Gasteiger partial charge in [0.05, 0.1) is 18.7 Å². The van der Waals surface area contributed by atoms with E-state index in [1.165, 1.54) is 11.9 Å². The Morgan fingerprint density at radius 3 is 2.33 bits per heavy atom. The summed E-state index contributed by atoms with van der Waals surface area (Å²) >= 11 is 0. The summed E-state index contributed by atoms with van der Waals surface area (Å²) in [5, 5.41) is 0. The fraction of sp³-hybridized carbons (Fsp3) is 0.364. The molecule has 6 nitrogen and oxygen atoms in total. The lowest BCUT2D eigenvalue weighted by atomic mass is 9.82. The monoisotopic (exact) mass is 302 g/mol. The number of rotatable bonds is 1. The van der Waals surface area contributed by atoms with Crippen molar-refractivity contribution in [3.8, 4) is 0 Å². The minimum Gasteiger partial charge on any atom is -0.493 e. The summed E-state index contributed by atoms with van der Waals surface area (Å²) in [7, 11) is -0.0771. The third-order valence-electron chi connectivity index (χ3n) is 2.62.